The molecular weight excluding hydrogens is 156 g/mol. The smallest absolute Gasteiger partial charge is 0.157 e. The maximum Gasteiger partial charge on any atom is 0.157 e. The van der Waals surface area contributed by atoms with Crippen LogP contribution in [0.1, 0.15) is 9.68 Å². The molecule has 0 aromatic heterocycles. The number of phenolic OH excluding ortho intramolecular Hbond substituents is 2. The Balaban J connectivity index is 3.45. The van der Waals surface area contributed by atoms with Gasteiger partial charge >= 0.3 is 0 Å². The molecule has 0 aliphatic rings. The van der Waals surface area contributed by atoms with Gasteiger partial charge in [0, 0.05) is 0 Å². The van der Waals surface area contributed by atoms with Gasteiger partial charge in [-0.15, -0.1) is 0 Å². The van der Waals surface area contributed by atoms with Gasteiger partial charge in [0.2, 0.25) is 0 Å². The topological polar surface area (TPSA) is 57.5 Å². The fraction of sp³-hybridized carbons (Fsp3) is 0. The lowest BCUT2D eigenvalue weighted by molar-refractivity contribution is -0.104. The predicted octanol–water partition coefficient (Wildman–Crippen LogP) is 1.31. The molecule has 1 aromatic carbocycles. The normalized spacial score (nSPS) is 14.7. The first-order valence-corrected chi connectivity index (χ1v) is 3.13. The standard InChI is InChI=1S/C9H8O3/c10-5-1-2-7-3-4-8(11)9(12)6-7/h1-6,11-12H/b2-1+/i2D,4D,6D. The molecule has 2 N–H and O–H groups in total. The number of rotatable bonds is 2. The van der Waals surface area contributed by atoms with Gasteiger partial charge in [-0.3, -0.25) is 4.79 Å². The number of allylic oxidation sites excluding steroid dienone is 1. The van der Waals surface area contributed by atoms with Crippen molar-refractivity contribution in [3.05, 3.63) is 29.8 Å². The van der Waals surface area contributed by atoms with Gasteiger partial charge in [-0.25, -0.2) is 0 Å². The molecule has 62 valence electrons. The quantitative estimate of drug-likeness (QED) is 0.396. The molecule has 3 nitrogen and oxygen atoms in total. The highest BCUT2D eigenvalue weighted by Gasteiger charge is 1.96. The van der Waals surface area contributed by atoms with E-state index < -0.39 is 23.6 Å². The first-order chi connectivity index (χ1) is 6.99. The first-order valence-electron chi connectivity index (χ1n) is 4.63. The molecule has 0 bridgehead atoms. The largest absolute Gasteiger partial charge is 0.504 e. The Morgan fingerprint density at radius 3 is 2.92 bits per heavy atom. The van der Waals surface area contributed by atoms with Crippen LogP contribution in [0.15, 0.2) is 24.2 Å². The summed E-state index contributed by atoms with van der Waals surface area (Å²) in [5, 5.41) is 18.3. The van der Waals surface area contributed by atoms with Crippen molar-refractivity contribution >= 4 is 12.3 Å². The van der Waals surface area contributed by atoms with E-state index in [1.54, 1.807) is 0 Å². The van der Waals surface area contributed by atoms with Crippen molar-refractivity contribution in [2.24, 2.45) is 0 Å². The van der Waals surface area contributed by atoms with E-state index in [4.69, 9.17) is 9.22 Å². The second-order valence-electron chi connectivity index (χ2n) is 1.97. The summed E-state index contributed by atoms with van der Waals surface area (Å²) in [7, 11) is 0. The van der Waals surface area contributed by atoms with Crippen molar-refractivity contribution in [2.45, 2.75) is 0 Å². The average molecular weight is 167 g/mol. The van der Waals surface area contributed by atoms with E-state index >= 15 is 0 Å². The van der Waals surface area contributed by atoms with Crippen LogP contribution in [0.3, 0.4) is 0 Å². The molecule has 0 atom stereocenters. The van der Waals surface area contributed by atoms with E-state index in [1.807, 2.05) is 0 Å². The third-order valence-corrected chi connectivity index (χ3v) is 1.14. The number of hydrogen-bond donors (Lipinski definition) is 2. The maximum atomic E-state index is 10.1. The Morgan fingerprint density at radius 2 is 2.25 bits per heavy atom. The third-order valence-electron chi connectivity index (χ3n) is 1.14. The molecule has 0 spiro atoms. The fourth-order valence-electron chi connectivity index (χ4n) is 0.633. The lowest BCUT2D eigenvalue weighted by atomic mass is 10.2. The highest BCUT2D eigenvalue weighted by atomic mass is 16.3. The second-order valence-corrected chi connectivity index (χ2v) is 1.97. The molecule has 3 heteroatoms. The summed E-state index contributed by atoms with van der Waals surface area (Å²) in [6.07, 6.45) is 1.26. The minimum atomic E-state index is -0.762. The molecule has 0 radical (unpaired) electrons. The van der Waals surface area contributed by atoms with Crippen LogP contribution in [0.25, 0.3) is 6.05 Å². The van der Waals surface area contributed by atoms with E-state index in [2.05, 4.69) is 0 Å². The zero-order chi connectivity index (χ0) is 11.6. The number of carbonyl (C=O) groups excluding carboxylic acids is 1. The average Bonchev–Trinajstić information content (AvgIpc) is 2.20. The summed E-state index contributed by atoms with van der Waals surface area (Å²) in [5.74, 6) is -1.47. The predicted molar refractivity (Wildman–Crippen MR) is 44.9 cm³/mol. The summed E-state index contributed by atoms with van der Waals surface area (Å²) in [4.78, 5) is 10.1. The Hall–Kier alpha value is -1.77. The number of aldehydes is 1. The number of benzene rings is 1. The Kier molecular flexibility index (Phi) is 1.48. The lowest BCUT2D eigenvalue weighted by Crippen LogP contribution is -1.73. The SMILES string of the molecule is [2H]/C(=C\C=O)c1cc([2H])c(O)c(O)c1[2H]. The van der Waals surface area contributed by atoms with Crippen LogP contribution in [0.5, 0.6) is 11.5 Å². The molecule has 1 rings (SSSR count). The van der Waals surface area contributed by atoms with Gasteiger partial charge in [0.15, 0.2) is 11.5 Å². The van der Waals surface area contributed by atoms with E-state index in [9.17, 15) is 9.90 Å². The zero-order valence-electron chi connectivity index (χ0n) is 9.03. The van der Waals surface area contributed by atoms with Gasteiger partial charge in [-0.1, -0.05) is 12.1 Å². The van der Waals surface area contributed by atoms with Gasteiger partial charge in [0.1, 0.15) is 6.29 Å². The molecule has 12 heavy (non-hydrogen) atoms. The lowest BCUT2D eigenvalue weighted by Gasteiger charge is -1.97. The molecule has 0 aliphatic heterocycles. The zero-order valence-corrected chi connectivity index (χ0v) is 6.03. The molecule has 0 saturated carbocycles. The van der Waals surface area contributed by atoms with Gasteiger partial charge in [0.25, 0.3) is 0 Å². The summed E-state index contributed by atoms with van der Waals surface area (Å²) in [6, 6.07) is -0.132. The number of aromatic hydroxyl groups is 2. The highest BCUT2D eigenvalue weighted by Crippen LogP contribution is 2.25. The van der Waals surface area contributed by atoms with Gasteiger partial charge in [-0.05, 0) is 23.7 Å². The highest BCUT2D eigenvalue weighted by molar-refractivity contribution is 5.74. The van der Waals surface area contributed by atoms with Crippen molar-refractivity contribution in [1.82, 2.24) is 0 Å². The van der Waals surface area contributed by atoms with Crippen LogP contribution in [-0.4, -0.2) is 16.5 Å². The summed E-state index contributed by atoms with van der Waals surface area (Å²) in [5.41, 5.74) is -0.0811. The molecule has 0 heterocycles. The Morgan fingerprint density at radius 1 is 1.50 bits per heavy atom. The number of phenols is 2. The molecule has 0 fully saturated rings. The number of carbonyl (C=O) groups is 1. The van der Waals surface area contributed by atoms with Crippen LogP contribution in [-0.2, 0) is 4.79 Å². The molecule has 0 unspecified atom stereocenters. The van der Waals surface area contributed by atoms with E-state index in [1.165, 1.54) is 0 Å². The van der Waals surface area contributed by atoms with Crippen molar-refractivity contribution in [1.29, 1.82) is 0 Å². The molecule has 1 aromatic rings. The van der Waals surface area contributed by atoms with Gasteiger partial charge in [0.05, 0.1) is 4.11 Å². The van der Waals surface area contributed by atoms with Crippen molar-refractivity contribution in [2.75, 3.05) is 0 Å². The van der Waals surface area contributed by atoms with E-state index in [0.29, 0.717) is 6.29 Å². The summed E-state index contributed by atoms with van der Waals surface area (Å²) in [6.45, 7) is 0. The minimum Gasteiger partial charge on any atom is -0.504 e. The van der Waals surface area contributed by atoms with Gasteiger partial charge in [-0.2, -0.15) is 0 Å². The summed E-state index contributed by atoms with van der Waals surface area (Å²) < 4.78 is 22.0. The minimum absolute atomic E-state index is 0.0811. The monoisotopic (exact) mass is 167 g/mol. The van der Waals surface area contributed by atoms with E-state index in [0.717, 1.165) is 12.1 Å². The molecular formula is C9H8O3. The van der Waals surface area contributed by atoms with Crippen LogP contribution in [0, 0.1) is 0 Å². The van der Waals surface area contributed by atoms with Crippen molar-refractivity contribution < 1.29 is 19.1 Å². The van der Waals surface area contributed by atoms with Crippen LogP contribution in [0.4, 0.5) is 0 Å². The van der Waals surface area contributed by atoms with Crippen LogP contribution in [0.2, 0.25) is 0 Å². The van der Waals surface area contributed by atoms with Crippen LogP contribution >= 0.6 is 0 Å². The van der Waals surface area contributed by atoms with Gasteiger partial charge < -0.3 is 10.2 Å². The fourth-order valence-corrected chi connectivity index (χ4v) is 0.633. The second kappa shape index (κ2) is 3.57. The Labute approximate surface area is 73.8 Å². The maximum absolute atomic E-state index is 10.1. The summed E-state index contributed by atoms with van der Waals surface area (Å²) >= 11 is 0. The molecule has 0 amide bonds. The molecule has 0 saturated heterocycles. The Bertz CT molecular complexity index is 441. The van der Waals surface area contributed by atoms with Crippen LogP contribution < -0.4 is 0 Å². The van der Waals surface area contributed by atoms with E-state index in [-0.39, 0.29) is 11.6 Å². The van der Waals surface area contributed by atoms with Crippen molar-refractivity contribution in [3.63, 3.8) is 0 Å². The number of hydrogen-bond acceptors (Lipinski definition) is 3. The van der Waals surface area contributed by atoms with Crippen molar-refractivity contribution in [3.8, 4) is 11.5 Å². The first kappa shape index (κ1) is 4.98. The third kappa shape index (κ3) is 1.85. The molecule has 0 aliphatic carbocycles.